The molecule has 2 aliphatic rings. The summed E-state index contributed by atoms with van der Waals surface area (Å²) in [6.45, 7) is 2.80. The van der Waals surface area contributed by atoms with Crippen molar-refractivity contribution in [1.29, 1.82) is 0 Å². The third-order valence-corrected chi connectivity index (χ3v) is 4.21. The molecule has 102 valence electrons. The molecule has 1 aromatic rings. The highest BCUT2D eigenvalue weighted by molar-refractivity contribution is 5.92. The van der Waals surface area contributed by atoms with Gasteiger partial charge in [0.15, 0.2) is 0 Å². The van der Waals surface area contributed by atoms with Gasteiger partial charge in [-0.2, -0.15) is 0 Å². The summed E-state index contributed by atoms with van der Waals surface area (Å²) in [7, 11) is 0. The number of carbonyl (C=O) groups excluding carboxylic acids is 1. The Bertz CT molecular complexity index is 436. The minimum Gasteiger partial charge on any atom is -0.337 e. The van der Waals surface area contributed by atoms with Crippen molar-refractivity contribution in [2.75, 3.05) is 19.6 Å². The van der Waals surface area contributed by atoms with E-state index >= 15 is 0 Å². The summed E-state index contributed by atoms with van der Waals surface area (Å²) in [5, 5.41) is 3.62. The van der Waals surface area contributed by atoms with Crippen molar-refractivity contribution in [2.24, 2.45) is 5.92 Å². The quantitative estimate of drug-likeness (QED) is 0.821. The molecule has 5 heteroatoms. The van der Waals surface area contributed by atoms with E-state index in [4.69, 9.17) is 0 Å². The van der Waals surface area contributed by atoms with Gasteiger partial charge in [0, 0.05) is 31.5 Å². The van der Waals surface area contributed by atoms with Crippen LogP contribution >= 0.6 is 0 Å². The molecule has 2 aliphatic heterocycles. The summed E-state index contributed by atoms with van der Waals surface area (Å²) in [5.41, 5.74) is 0.461. The summed E-state index contributed by atoms with van der Waals surface area (Å²) in [6, 6.07) is 0.591. The van der Waals surface area contributed by atoms with Crippen molar-refractivity contribution < 1.29 is 4.79 Å². The first kappa shape index (κ1) is 12.5. The van der Waals surface area contributed by atoms with Gasteiger partial charge in [0.1, 0.15) is 5.69 Å². The molecular weight excluding hydrogens is 240 g/mol. The van der Waals surface area contributed by atoms with Crippen LogP contribution in [0.4, 0.5) is 0 Å². The minimum atomic E-state index is 0.0239. The molecule has 19 heavy (non-hydrogen) atoms. The van der Waals surface area contributed by atoms with Gasteiger partial charge in [0.25, 0.3) is 5.91 Å². The molecule has 5 nitrogen and oxygen atoms in total. The molecule has 0 radical (unpaired) electrons. The predicted molar refractivity (Wildman–Crippen MR) is 71.7 cm³/mol. The van der Waals surface area contributed by atoms with E-state index < -0.39 is 0 Å². The van der Waals surface area contributed by atoms with Crippen LogP contribution in [0.2, 0.25) is 0 Å². The third kappa shape index (κ3) is 2.76. The van der Waals surface area contributed by atoms with Crippen molar-refractivity contribution in [3.8, 4) is 0 Å². The zero-order chi connectivity index (χ0) is 13.1. The van der Waals surface area contributed by atoms with Gasteiger partial charge < -0.3 is 10.2 Å². The molecule has 1 amide bonds. The molecule has 2 saturated heterocycles. The molecule has 0 spiro atoms. The van der Waals surface area contributed by atoms with Crippen LogP contribution in [0.3, 0.4) is 0 Å². The third-order valence-electron chi connectivity index (χ3n) is 4.21. The van der Waals surface area contributed by atoms with Gasteiger partial charge in [-0.15, -0.1) is 0 Å². The number of likely N-dealkylation sites (tertiary alicyclic amines) is 1. The van der Waals surface area contributed by atoms with Crippen LogP contribution < -0.4 is 5.32 Å². The number of nitrogens with zero attached hydrogens (tertiary/aromatic N) is 3. The maximum Gasteiger partial charge on any atom is 0.274 e. The number of fused-ring (bicyclic) bond motifs is 1. The molecule has 0 aromatic carbocycles. The molecule has 1 aromatic heterocycles. The van der Waals surface area contributed by atoms with E-state index in [2.05, 4.69) is 15.3 Å². The van der Waals surface area contributed by atoms with Crippen LogP contribution in [0.15, 0.2) is 18.6 Å². The molecule has 2 fully saturated rings. The van der Waals surface area contributed by atoms with Gasteiger partial charge in [-0.3, -0.25) is 9.78 Å². The van der Waals surface area contributed by atoms with Crippen LogP contribution in [-0.4, -0.2) is 46.5 Å². The lowest BCUT2D eigenvalue weighted by atomic mass is 9.89. The molecule has 1 N–H and O–H groups in total. The van der Waals surface area contributed by atoms with Crippen LogP contribution in [0.5, 0.6) is 0 Å². The summed E-state index contributed by atoms with van der Waals surface area (Å²) in [5.74, 6) is 0.618. The molecule has 3 rings (SSSR count). The van der Waals surface area contributed by atoms with Crippen molar-refractivity contribution >= 4 is 5.91 Å². The first-order chi connectivity index (χ1) is 9.34. The highest BCUT2D eigenvalue weighted by Gasteiger charge is 2.32. The highest BCUT2D eigenvalue weighted by atomic mass is 16.2. The smallest absolute Gasteiger partial charge is 0.274 e. The SMILES string of the molecule is O=C(c1cnccn1)N1CC[C@H]2NCCCC[C@H]2C1. The van der Waals surface area contributed by atoms with Gasteiger partial charge in [-0.05, 0) is 31.7 Å². The number of hydrogen-bond donors (Lipinski definition) is 1. The maximum atomic E-state index is 12.4. The van der Waals surface area contributed by atoms with E-state index in [0.717, 1.165) is 26.1 Å². The number of carbonyl (C=O) groups is 1. The van der Waals surface area contributed by atoms with E-state index in [1.165, 1.54) is 19.3 Å². The van der Waals surface area contributed by atoms with Gasteiger partial charge in [0.2, 0.25) is 0 Å². The fourth-order valence-electron chi connectivity index (χ4n) is 3.17. The summed E-state index contributed by atoms with van der Waals surface area (Å²) < 4.78 is 0. The zero-order valence-electron chi connectivity index (χ0n) is 11.1. The van der Waals surface area contributed by atoms with E-state index in [9.17, 15) is 4.79 Å². The van der Waals surface area contributed by atoms with E-state index in [0.29, 0.717) is 17.7 Å². The van der Waals surface area contributed by atoms with Gasteiger partial charge in [-0.1, -0.05) is 6.42 Å². The lowest BCUT2D eigenvalue weighted by Crippen LogP contribution is -2.50. The van der Waals surface area contributed by atoms with E-state index in [1.807, 2.05) is 4.90 Å². The normalized spacial score (nSPS) is 27.5. The summed E-state index contributed by atoms with van der Waals surface area (Å²) in [6.07, 6.45) is 9.52. The molecule has 0 bridgehead atoms. The fourth-order valence-corrected chi connectivity index (χ4v) is 3.17. The van der Waals surface area contributed by atoms with Crippen LogP contribution in [-0.2, 0) is 0 Å². The monoisotopic (exact) mass is 260 g/mol. The van der Waals surface area contributed by atoms with Gasteiger partial charge in [-0.25, -0.2) is 4.98 Å². The van der Waals surface area contributed by atoms with E-state index in [-0.39, 0.29) is 5.91 Å². The number of aromatic nitrogens is 2. The van der Waals surface area contributed by atoms with Crippen LogP contribution in [0, 0.1) is 5.92 Å². The Balaban J connectivity index is 1.68. The standard InChI is InChI=1S/C14H20N4O/c19-14(13-9-15-6-7-17-13)18-8-4-12-11(10-18)3-1-2-5-16-12/h6-7,9,11-12,16H,1-5,8,10H2/t11-,12+/m0/s1. The average Bonchev–Trinajstić information content (AvgIpc) is 2.72. The lowest BCUT2D eigenvalue weighted by Gasteiger charge is -2.37. The van der Waals surface area contributed by atoms with Gasteiger partial charge >= 0.3 is 0 Å². The average molecular weight is 260 g/mol. The van der Waals surface area contributed by atoms with Crippen LogP contribution in [0.1, 0.15) is 36.2 Å². The Labute approximate surface area is 113 Å². The Morgan fingerprint density at radius 3 is 3.11 bits per heavy atom. The number of amides is 1. The second-order valence-corrected chi connectivity index (χ2v) is 5.45. The molecular formula is C14H20N4O. The van der Waals surface area contributed by atoms with Crippen molar-refractivity contribution in [1.82, 2.24) is 20.2 Å². The second-order valence-electron chi connectivity index (χ2n) is 5.45. The zero-order valence-corrected chi connectivity index (χ0v) is 11.1. The molecule has 0 unspecified atom stereocenters. The fraction of sp³-hybridized carbons (Fsp3) is 0.643. The topological polar surface area (TPSA) is 58.1 Å². The molecule has 0 saturated carbocycles. The molecule has 3 heterocycles. The van der Waals surface area contributed by atoms with Crippen molar-refractivity contribution in [3.63, 3.8) is 0 Å². The maximum absolute atomic E-state index is 12.4. The number of hydrogen-bond acceptors (Lipinski definition) is 4. The van der Waals surface area contributed by atoms with Crippen molar-refractivity contribution in [3.05, 3.63) is 24.3 Å². The molecule has 0 aliphatic carbocycles. The Morgan fingerprint density at radius 1 is 1.32 bits per heavy atom. The Morgan fingerprint density at radius 2 is 2.26 bits per heavy atom. The number of nitrogens with one attached hydrogen (secondary N) is 1. The highest BCUT2D eigenvalue weighted by Crippen LogP contribution is 2.25. The van der Waals surface area contributed by atoms with Gasteiger partial charge in [0.05, 0.1) is 6.20 Å². The number of rotatable bonds is 1. The lowest BCUT2D eigenvalue weighted by molar-refractivity contribution is 0.0625. The first-order valence-electron chi connectivity index (χ1n) is 7.13. The van der Waals surface area contributed by atoms with E-state index in [1.54, 1.807) is 18.6 Å². The minimum absolute atomic E-state index is 0.0239. The second kappa shape index (κ2) is 5.65. The summed E-state index contributed by atoms with van der Waals surface area (Å²) >= 11 is 0. The predicted octanol–water partition coefficient (Wildman–Crippen LogP) is 1.08. The van der Waals surface area contributed by atoms with Crippen LogP contribution in [0.25, 0.3) is 0 Å². The summed E-state index contributed by atoms with van der Waals surface area (Å²) in [4.78, 5) is 22.4. The Kier molecular flexibility index (Phi) is 3.73. The van der Waals surface area contributed by atoms with Crippen molar-refractivity contribution in [2.45, 2.75) is 31.7 Å². The molecule has 2 atom stereocenters. The number of piperidine rings is 1. The first-order valence-corrected chi connectivity index (χ1v) is 7.13. The Hall–Kier alpha value is -1.49. The largest absolute Gasteiger partial charge is 0.337 e.